The summed E-state index contributed by atoms with van der Waals surface area (Å²) in [6.07, 6.45) is -3.44. The standard InChI is InChI=1S/C30H27F3N6O3S/c1-4-39-24(30(31,32)33)17-22-27(29(39)40)38(3)28(35-22)26-23(43(41,42)5-2)16-21(18-34-26)36-37-25(19-12-8-6-9-13-19)20-14-10-7-11-15-20/h6-18,36H,4-5H2,1-3H3. The molecular formula is C30H27F3N6O3S. The number of nitrogens with one attached hydrogen (secondary N) is 1. The van der Waals surface area contributed by atoms with E-state index in [1.807, 2.05) is 60.7 Å². The molecule has 3 heterocycles. The van der Waals surface area contributed by atoms with Crippen molar-refractivity contribution >= 4 is 32.3 Å². The lowest BCUT2D eigenvalue weighted by molar-refractivity contribution is -0.144. The fourth-order valence-corrected chi connectivity index (χ4v) is 5.81. The molecule has 0 spiro atoms. The summed E-state index contributed by atoms with van der Waals surface area (Å²) < 4.78 is 69.6. The zero-order valence-electron chi connectivity index (χ0n) is 23.4. The van der Waals surface area contributed by atoms with Gasteiger partial charge < -0.3 is 9.13 Å². The highest BCUT2D eigenvalue weighted by atomic mass is 32.2. The number of aromatic nitrogens is 4. The molecule has 0 radical (unpaired) electrons. The Labute approximate surface area is 245 Å². The molecule has 5 rings (SSSR count). The van der Waals surface area contributed by atoms with Gasteiger partial charge in [-0.05, 0) is 19.1 Å². The van der Waals surface area contributed by atoms with Crippen LogP contribution in [0.3, 0.4) is 0 Å². The maximum absolute atomic E-state index is 13.7. The molecule has 0 amide bonds. The van der Waals surface area contributed by atoms with Crippen LogP contribution in [0.25, 0.3) is 22.6 Å². The minimum absolute atomic E-state index is 0.0644. The lowest BCUT2D eigenvalue weighted by Gasteiger charge is -2.14. The summed E-state index contributed by atoms with van der Waals surface area (Å²) in [4.78, 5) is 21.5. The van der Waals surface area contributed by atoms with E-state index < -0.39 is 27.3 Å². The number of benzene rings is 2. The van der Waals surface area contributed by atoms with Crippen molar-refractivity contribution in [1.82, 2.24) is 19.1 Å². The third-order valence-corrected chi connectivity index (χ3v) is 8.65. The fourth-order valence-electron chi connectivity index (χ4n) is 4.75. The van der Waals surface area contributed by atoms with Gasteiger partial charge in [0.25, 0.3) is 5.56 Å². The quantitative estimate of drug-likeness (QED) is 0.184. The van der Waals surface area contributed by atoms with Gasteiger partial charge in [0.2, 0.25) is 0 Å². The van der Waals surface area contributed by atoms with Crippen LogP contribution in [0.15, 0.2) is 93.8 Å². The fraction of sp³-hybridized carbons (Fsp3) is 0.200. The highest BCUT2D eigenvalue weighted by molar-refractivity contribution is 7.91. The average Bonchev–Trinajstić information content (AvgIpc) is 3.34. The summed E-state index contributed by atoms with van der Waals surface area (Å²) in [7, 11) is -2.48. The van der Waals surface area contributed by atoms with Gasteiger partial charge in [-0.3, -0.25) is 10.2 Å². The Bertz CT molecular complexity index is 1960. The summed E-state index contributed by atoms with van der Waals surface area (Å²) in [5.74, 6) is -0.344. The normalized spacial score (nSPS) is 12.0. The van der Waals surface area contributed by atoms with E-state index in [9.17, 15) is 26.4 Å². The van der Waals surface area contributed by atoms with Gasteiger partial charge >= 0.3 is 6.18 Å². The maximum Gasteiger partial charge on any atom is 0.431 e. The highest BCUT2D eigenvalue weighted by Gasteiger charge is 2.36. The van der Waals surface area contributed by atoms with Crippen molar-refractivity contribution in [3.63, 3.8) is 0 Å². The number of halogens is 3. The number of nitrogens with zero attached hydrogens (tertiary/aromatic N) is 5. The Hall–Kier alpha value is -4.78. The van der Waals surface area contributed by atoms with E-state index in [1.54, 1.807) is 0 Å². The van der Waals surface area contributed by atoms with Gasteiger partial charge in [-0.2, -0.15) is 18.3 Å². The number of fused-ring (bicyclic) bond motifs is 1. The smallest absolute Gasteiger partial charge is 0.321 e. The topological polar surface area (TPSA) is 111 Å². The molecule has 43 heavy (non-hydrogen) atoms. The number of anilines is 1. The van der Waals surface area contributed by atoms with Crippen molar-refractivity contribution in [1.29, 1.82) is 0 Å². The summed E-state index contributed by atoms with van der Waals surface area (Å²) in [5.41, 5.74) is 2.95. The molecule has 2 aromatic carbocycles. The van der Waals surface area contributed by atoms with Crippen LogP contribution < -0.4 is 11.0 Å². The summed E-state index contributed by atoms with van der Waals surface area (Å²) in [6.45, 7) is 2.68. The summed E-state index contributed by atoms with van der Waals surface area (Å²) >= 11 is 0. The number of aryl methyl sites for hydroxylation is 1. The number of rotatable bonds is 8. The number of sulfone groups is 1. The minimum atomic E-state index is -4.79. The number of hydrazone groups is 1. The van der Waals surface area contributed by atoms with Crippen LogP contribution in [0, 0.1) is 0 Å². The number of imidazole rings is 1. The largest absolute Gasteiger partial charge is 0.431 e. The van der Waals surface area contributed by atoms with Crippen molar-refractivity contribution in [2.45, 2.75) is 31.5 Å². The minimum Gasteiger partial charge on any atom is -0.321 e. The summed E-state index contributed by atoms with van der Waals surface area (Å²) in [5, 5.41) is 4.56. The molecule has 0 aliphatic rings. The zero-order valence-corrected chi connectivity index (χ0v) is 24.2. The lowest BCUT2D eigenvalue weighted by atomic mass is 10.0. The van der Waals surface area contributed by atoms with Gasteiger partial charge in [-0.1, -0.05) is 67.6 Å². The Kier molecular flexibility index (Phi) is 7.93. The SMILES string of the molecule is CCn1c(C(F)(F)F)cc2nc(-c3ncc(NN=C(c4ccccc4)c4ccccc4)cc3S(=O)(=O)CC)n(C)c2c1=O. The number of hydrogen-bond donors (Lipinski definition) is 1. The predicted octanol–water partition coefficient (Wildman–Crippen LogP) is 5.49. The number of alkyl halides is 3. The Morgan fingerprint density at radius 2 is 1.58 bits per heavy atom. The van der Waals surface area contributed by atoms with Crippen LogP contribution in [-0.2, 0) is 29.6 Å². The van der Waals surface area contributed by atoms with E-state index in [0.29, 0.717) is 10.3 Å². The first-order valence-electron chi connectivity index (χ1n) is 13.3. The highest BCUT2D eigenvalue weighted by Crippen LogP contribution is 2.33. The maximum atomic E-state index is 13.7. The molecule has 0 unspecified atom stereocenters. The average molecular weight is 609 g/mol. The number of hydrogen-bond acceptors (Lipinski definition) is 7. The van der Waals surface area contributed by atoms with E-state index >= 15 is 0 Å². The van der Waals surface area contributed by atoms with E-state index in [0.717, 1.165) is 17.2 Å². The van der Waals surface area contributed by atoms with E-state index in [4.69, 9.17) is 0 Å². The third-order valence-electron chi connectivity index (χ3n) is 6.91. The van der Waals surface area contributed by atoms with Gasteiger partial charge in [0, 0.05) is 24.7 Å². The first kappa shape index (κ1) is 29.7. The molecule has 0 saturated carbocycles. The first-order valence-corrected chi connectivity index (χ1v) is 15.0. The molecule has 13 heteroatoms. The van der Waals surface area contributed by atoms with E-state index in [1.165, 1.54) is 37.7 Å². The monoisotopic (exact) mass is 608 g/mol. The molecule has 0 aliphatic carbocycles. The Balaban J connectivity index is 1.65. The van der Waals surface area contributed by atoms with Crippen LogP contribution in [0.1, 0.15) is 30.7 Å². The molecule has 0 saturated heterocycles. The van der Waals surface area contributed by atoms with Crippen molar-refractivity contribution in [2.75, 3.05) is 11.2 Å². The van der Waals surface area contributed by atoms with Crippen LogP contribution >= 0.6 is 0 Å². The molecule has 0 bridgehead atoms. The molecule has 0 atom stereocenters. The van der Waals surface area contributed by atoms with Crippen LogP contribution in [0.5, 0.6) is 0 Å². The molecule has 0 aliphatic heterocycles. The van der Waals surface area contributed by atoms with Crippen molar-refractivity contribution in [3.05, 3.63) is 106 Å². The van der Waals surface area contributed by atoms with E-state index in [-0.39, 0.29) is 45.4 Å². The third kappa shape index (κ3) is 5.67. The molecule has 222 valence electrons. The Morgan fingerprint density at radius 1 is 0.977 bits per heavy atom. The molecule has 0 fully saturated rings. The number of pyridine rings is 2. The van der Waals surface area contributed by atoms with Crippen LogP contribution in [0.4, 0.5) is 18.9 Å². The molecule has 9 nitrogen and oxygen atoms in total. The Morgan fingerprint density at radius 3 is 2.12 bits per heavy atom. The van der Waals surface area contributed by atoms with Crippen molar-refractivity contribution in [2.24, 2.45) is 12.1 Å². The van der Waals surface area contributed by atoms with Gasteiger partial charge in [-0.15, -0.1) is 0 Å². The van der Waals surface area contributed by atoms with Crippen LogP contribution in [-0.4, -0.2) is 39.0 Å². The second-order valence-electron chi connectivity index (χ2n) is 9.58. The van der Waals surface area contributed by atoms with E-state index in [2.05, 4.69) is 20.5 Å². The van der Waals surface area contributed by atoms with Gasteiger partial charge in [0.1, 0.15) is 16.9 Å². The van der Waals surface area contributed by atoms with Crippen molar-refractivity contribution < 1.29 is 21.6 Å². The molecule has 1 N–H and O–H groups in total. The van der Waals surface area contributed by atoms with Gasteiger partial charge in [0.05, 0.1) is 33.8 Å². The predicted molar refractivity (Wildman–Crippen MR) is 159 cm³/mol. The second kappa shape index (κ2) is 11.5. The summed E-state index contributed by atoms with van der Waals surface area (Å²) in [6, 6.07) is 21.0. The first-order chi connectivity index (χ1) is 20.5. The van der Waals surface area contributed by atoms with Crippen molar-refractivity contribution in [3.8, 4) is 11.5 Å². The van der Waals surface area contributed by atoms with Crippen LogP contribution in [0.2, 0.25) is 0 Å². The second-order valence-corrected chi connectivity index (χ2v) is 11.8. The van der Waals surface area contributed by atoms with Gasteiger partial charge in [0.15, 0.2) is 15.7 Å². The van der Waals surface area contributed by atoms with Gasteiger partial charge in [-0.25, -0.2) is 18.4 Å². The molecule has 3 aromatic heterocycles. The molecular weight excluding hydrogens is 581 g/mol. The lowest BCUT2D eigenvalue weighted by Crippen LogP contribution is -2.28. The molecule has 5 aromatic rings. The zero-order chi connectivity index (χ0) is 30.9.